The Morgan fingerprint density at radius 1 is 1.00 bits per heavy atom. The third-order valence-corrected chi connectivity index (χ3v) is 5.96. The minimum Gasteiger partial charge on any atom is -0.481 e. The highest BCUT2D eigenvalue weighted by Gasteiger charge is 2.16. The lowest BCUT2D eigenvalue weighted by molar-refractivity contribution is 0.0951. The molecule has 1 amide bonds. The van der Waals surface area contributed by atoms with Gasteiger partial charge in [0.25, 0.3) is 5.91 Å². The number of hydrogen-bond acceptors (Lipinski definition) is 5. The molecule has 0 radical (unpaired) electrons. The predicted octanol–water partition coefficient (Wildman–Crippen LogP) is 3.28. The molecular weight excluding hydrogens is 388 g/mol. The van der Waals surface area contributed by atoms with Crippen molar-refractivity contribution in [2.75, 3.05) is 53.4 Å². The van der Waals surface area contributed by atoms with Crippen LogP contribution in [-0.2, 0) is 0 Å². The number of methoxy groups -OCH3 is 1. The van der Waals surface area contributed by atoms with Crippen molar-refractivity contribution in [2.24, 2.45) is 0 Å². The predicted molar refractivity (Wildman–Crippen MR) is 125 cm³/mol. The fraction of sp³-hybridized carbons (Fsp3) is 0.360. The Bertz CT molecular complexity index is 1040. The molecule has 0 spiro atoms. The number of aromatic nitrogens is 1. The van der Waals surface area contributed by atoms with E-state index in [1.165, 1.54) is 0 Å². The lowest BCUT2D eigenvalue weighted by Gasteiger charge is -2.32. The van der Waals surface area contributed by atoms with Crippen molar-refractivity contribution in [3.8, 4) is 17.0 Å². The number of rotatable bonds is 7. The number of benzene rings is 2. The highest BCUT2D eigenvalue weighted by molar-refractivity contribution is 6.11. The minimum atomic E-state index is -0.0284. The van der Waals surface area contributed by atoms with Crippen LogP contribution in [0, 0.1) is 0 Å². The summed E-state index contributed by atoms with van der Waals surface area (Å²) in [7, 11) is 3.79. The number of carbonyl (C=O) groups is 1. The van der Waals surface area contributed by atoms with E-state index in [1.54, 1.807) is 13.3 Å². The molecular formula is C25H30N4O2. The number of nitrogens with zero attached hydrogens (tertiary/aromatic N) is 3. The van der Waals surface area contributed by atoms with Crippen molar-refractivity contribution >= 4 is 16.7 Å². The van der Waals surface area contributed by atoms with Crippen molar-refractivity contribution in [1.29, 1.82) is 0 Å². The van der Waals surface area contributed by atoms with Crippen LogP contribution in [0.15, 0.2) is 54.7 Å². The summed E-state index contributed by atoms with van der Waals surface area (Å²) in [6, 6.07) is 15.8. The number of piperazine rings is 1. The molecule has 162 valence electrons. The summed E-state index contributed by atoms with van der Waals surface area (Å²) < 4.78 is 5.45. The number of hydrogen-bond donors (Lipinski definition) is 1. The van der Waals surface area contributed by atoms with Gasteiger partial charge in [0.15, 0.2) is 0 Å². The second-order valence-electron chi connectivity index (χ2n) is 8.02. The van der Waals surface area contributed by atoms with Crippen LogP contribution in [0.3, 0.4) is 0 Å². The van der Waals surface area contributed by atoms with Crippen LogP contribution in [0.1, 0.15) is 16.8 Å². The van der Waals surface area contributed by atoms with Crippen LogP contribution in [0.5, 0.6) is 5.88 Å². The molecule has 1 fully saturated rings. The van der Waals surface area contributed by atoms with Crippen LogP contribution in [0.2, 0.25) is 0 Å². The molecule has 1 saturated heterocycles. The summed E-state index contributed by atoms with van der Waals surface area (Å²) in [4.78, 5) is 22.1. The first kappa shape index (κ1) is 21.3. The van der Waals surface area contributed by atoms with Gasteiger partial charge >= 0.3 is 0 Å². The standard InChI is InChI=1S/C25H30N4O2/c1-28-15-17-29(18-16-28)14-6-13-26-24(30)22-11-10-21(19-7-3-4-8-20(19)22)23-9-5-12-27-25(23)31-2/h3-5,7-12H,6,13-18H2,1-2H3,(H,26,30). The lowest BCUT2D eigenvalue weighted by Crippen LogP contribution is -2.45. The van der Waals surface area contributed by atoms with E-state index in [9.17, 15) is 4.79 Å². The highest BCUT2D eigenvalue weighted by Crippen LogP contribution is 2.35. The van der Waals surface area contributed by atoms with Gasteiger partial charge in [-0.3, -0.25) is 4.79 Å². The SMILES string of the molecule is COc1ncccc1-c1ccc(C(=O)NCCCN2CCN(C)CC2)c2ccccc12. The summed E-state index contributed by atoms with van der Waals surface area (Å²) in [5, 5.41) is 5.05. The Kier molecular flexibility index (Phi) is 6.79. The first-order valence-electron chi connectivity index (χ1n) is 10.9. The molecule has 6 heteroatoms. The lowest BCUT2D eigenvalue weighted by atomic mass is 9.95. The van der Waals surface area contributed by atoms with E-state index in [0.717, 1.165) is 61.0 Å². The molecule has 0 unspecified atom stereocenters. The first-order chi connectivity index (χ1) is 15.2. The van der Waals surface area contributed by atoms with Gasteiger partial charge in [-0.05, 0) is 54.5 Å². The van der Waals surface area contributed by atoms with Crippen molar-refractivity contribution in [1.82, 2.24) is 20.1 Å². The van der Waals surface area contributed by atoms with E-state index in [-0.39, 0.29) is 5.91 Å². The van der Waals surface area contributed by atoms with Gasteiger partial charge < -0.3 is 19.9 Å². The second kappa shape index (κ2) is 9.90. The first-order valence-corrected chi connectivity index (χ1v) is 10.9. The summed E-state index contributed by atoms with van der Waals surface area (Å²) in [6.07, 6.45) is 2.67. The van der Waals surface area contributed by atoms with Gasteiger partial charge in [0.05, 0.1) is 7.11 Å². The molecule has 3 aromatic rings. The number of carbonyl (C=O) groups excluding carboxylic acids is 1. The monoisotopic (exact) mass is 418 g/mol. The van der Waals surface area contributed by atoms with Gasteiger partial charge in [-0.1, -0.05) is 30.3 Å². The molecule has 1 aromatic heterocycles. The molecule has 4 rings (SSSR count). The zero-order valence-electron chi connectivity index (χ0n) is 18.3. The number of amides is 1. The van der Waals surface area contributed by atoms with Gasteiger partial charge in [0.2, 0.25) is 5.88 Å². The molecule has 2 aromatic carbocycles. The van der Waals surface area contributed by atoms with E-state index in [1.807, 2.05) is 48.5 Å². The zero-order chi connectivity index (χ0) is 21.6. The van der Waals surface area contributed by atoms with Gasteiger partial charge in [-0.15, -0.1) is 0 Å². The zero-order valence-corrected chi connectivity index (χ0v) is 18.3. The topological polar surface area (TPSA) is 57.7 Å². The molecule has 0 bridgehead atoms. The van der Waals surface area contributed by atoms with E-state index in [2.05, 4.69) is 27.1 Å². The smallest absolute Gasteiger partial charge is 0.251 e. The van der Waals surface area contributed by atoms with Crippen LogP contribution in [-0.4, -0.2) is 74.1 Å². The number of ether oxygens (including phenoxy) is 1. The summed E-state index contributed by atoms with van der Waals surface area (Å²) in [5.41, 5.74) is 2.62. The Hall–Kier alpha value is -2.96. The van der Waals surface area contributed by atoms with Crippen LogP contribution >= 0.6 is 0 Å². The number of pyridine rings is 1. The minimum absolute atomic E-state index is 0.0284. The average Bonchev–Trinajstić information content (AvgIpc) is 2.82. The van der Waals surface area contributed by atoms with Crippen molar-refractivity contribution in [3.63, 3.8) is 0 Å². The van der Waals surface area contributed by atoms with E-state index >= 15 is 0 Å². The van der Waals surface area contributed by atoms with E-state index < -0.39 is 0 Å². The molecule has 0 aliphatic carbocycles. The summed E-state index contributed by atoms with van der Waals surface area (Å²) >= 11 is 0. The van der Waals surface area contributed by atoms with Gasteiger partial charge in [0, 0.05) is 50.0 Å². The van der Waals surface area contributed by atoms with Gasteiger partial charge in [0.1, 0.15) is 0 Å². The fourth-order valence-electron chi connectivity index (χ4n) is 4.16. The van der Waals surface area contributed by atoms with Crippen molar-refractivity contribution in [3.05, 3.63) is 60.3 Å². The summed E-state index contributed by atoms with van der Waals surface area (Å²) in [5.74, 6) is 0.549. The Morgan fingerprint density at radius 3 is 2.55 bits per heavy atom. The molecule has 0 saturated carbocycles. The molecule has 1 aliphatic heterocycles. The Labute approximate surface area is 183 Å². The van der Waals surface area contributed by atoms with Crippen LogP contribution in [0.4, 0.5) is 0 Å². The average molecular weight is 419 g/mol. The maximum absolute atomic E-state index is 13.0. The molecule has 2 heterocycles. The van der Waals surface area contributed by atoms with E-state index in [4.69, 9.17) is 4.74 Å². The summed E-state index contributed by atoms with van der Waals surface area (Å²) in [6.45, 7) is 6.15. The number of nitrogens with one attached hydrogen (secondary N) is 1. The van der Waals surface area contributed by atoms with E-state index in [0.29, 0.717) is 18.0 Å². The Balaban J connectivity index is 1.48. The van der Waals surface area contributed by atoms with Gasteiger partial charge in [-0.25, -0.2) is 4.98 Å². The maximum Gasteiger partial charge on any atom is 0.251 e. The molecule has 1 aliphatic rings. The molecule has 6 nitrogen and oxygen atoms in total. The molecule has 1 N–H and O–H groups in total. The molecule has 31 heavy (non-hydrogen) atoms. The fourth-order valence-corrected chi connectivity index (χ4v) is 4.16. The quantitative estimate of drug-likeness (QED) is 0.597. The normalized spacial score (nSPS) is 15.2. The Morgan fingerprint density at radius 2 is 1.77 bits per heavy atom. The van der Waals surface area contributed by atoms with Crippen molar-refractivity contribution in [2.45, 2.75) is 6.42 Å². The highest BCUT2D eigenvalue weighted by atomic mass is 16.5. The van der Waals surface area contributed by atoms with Crippen molar-refractivity contribution < 1.29 is 9.53 Å². The second-order valence-corrected chi connectivity index (χ2v) is 8.02. The van der Waals surface area contributed by atoms with Crippen LogP contribution in [0.25, 0.3) is 21.9 Å². The largest absolute Gasteiger partial charge is 0.481 e. The molecule has 0 atom stereocenters. The van der Waals surface area contributed by atoms with Crippen LogP contribution < -0.4 is 10.1 Å². The number of fused-ring (bicyclic) bond motifs is 1. The number of likely N-dealkylation sites (N-methyl/N-ethyl adjacent to an activating group) is 1. The third-order valence-electron chi connectivity index (χ3n) is 5.96. The maximum atomic E-state index is 13.0. The van der Waals surface area contributed by atoms with Gasteiger partial charge in [-0.2, -0.15) is 0 Å². The third kappa shape index (κ3) is 4.86.